The second-order valence-corrected chi connectivity index (χ2v) is 5.75. The summed E-state index contributed by atoms with van der Waals surface area (Å²) in [6, 6.07) is 11.4. The number of rotatable bonds is 3. The van der Waals surface area contributed by atoms with Crippen LogP contribution in [0.25, 0.3) is 0 Å². The SMILES string of the molecule is Cc1cccc(N2CCN(Cc3ccoc3)CC2C)c1. The molecule has 1 atom stereocenters. The van der Waals surface area contributed by atoms with Crippen LogP contribution in [-0.4, -0.2) is 30.6 Å². The van der Waals surface area contributed by atoms with E-state index in [2.05, 4.69) is 54.0 Å². The molecule has 0 bridgehead atoms. The van der Waals surface area contributed by atoms with Gasteiger partial charge in [-0.3, -0.25) is 4.90 Å². The first kappa shape index (κ1) is 13.3. The highest BCUT2D eigenvalue weighted by Crippen LogP contribution is 2.22. The van der Waals surface area contributed by atoms with Gasteiger partial charge in [0.1, 0.15) is 0 Å². The fourth-order valence-corrected chi connectivity index (χ4v) is 3.01. The van der Waals surface area contributed by atoms with Crippen molar-refractivity contribution in [1.82, 2.24) is 4.90 Å². The van der Waals surface area contributed by atoms with Crippen molar-refractivity contribution in [2.45, 2.75) is 26.4 Å². The van der Waals surface area contributed by atoms with E-state index in [4.69, 9.17) is 4.42 Å². The van der Waals surface area contributed by atoms with Crippen LogP contribution in [0.5, 0.6) is 0 Å². The lowest BCUT2D eigenvalue weighted by atomic mass is 10.1. The summed E-state index contributed by atoms with van der Waals surface area (Å²) in [5.41, 5.74) is 3.94. The van der Waals surface area contributed by atoms with Crippen molar-refractivity contribution >= 4 is 5.69 Å². The molecule has 20 heavy (non-hydrogen) atoms. The van der Waals surface area contributed by atoms with Gasteiger partial charge in [0.2, 0.25) is 0 Å². The van der Waals surface area contributed by atoms with E-state index < -0.39 is 0 Å². The molecule has 0 N–H and O–H groups in total. The zero-order valence-corrected chi connectivity index (χ0v) is 12.2. The van der Waals surface area contributed by atoms with E-state index >= 15 is 0 Å². The van der Waals surface area contributed by atoms with Crippen LogP contribution in [0, 0.1) is 6.92 Å². The van der Waals surface area contributed by atoms with Crippen molar-refractivity contribution in [3.8, 4) is 0 Å². The van der Waals surface area contributed by atoms with Gasteiger partial charge < -0.3 is 9.32 Å². The van der Waals surface area contributed by atoms with E-state index in [0.717, 1.165) is 26.2 Å². The summed E-state index contributed by atoms with van der Waals surface area (Å²) in [7, 11) is 0. The molecule has 1 unspecified atom stereocenters. The van der Waals surface area contributed by atoms with E-state index in [1.54, 1.807) is 6.26 Å². The maximum absolute atomic E-state index is 5.15. The molecule has 0 saturated carbocycles. The van der Waals surface area contributed by atoms with Gasteiger partial charge >= 0.3 is 0 Å². The third-order valence-corrected chi connectivity index (χ3v) is 4.03. The standard InChI is InChI=1S/C17H22N2O/c1-14-4-3-5-17(10-14)19-8-7-18(11-15(19)2)12-16-6-9-20-13-16/h3-6,9-10,13,15H,7-8,11-12H2,1-2H3. The Morgan fingerprint density at radius 1 is 1.25 bits per heavy atom. The third-order valence-electron chi connectivity index (χ3n) is 4.03. The molecule has 3 heteroatoms. The molecule has 1 aromatic heterocycles. The monoisotopic (exact) mass is 270 g/mol. The summed E-state index contributed by atoms with van der Waals surface area (Å²) < 4.78 is 5.15. The van der Waals surface area contributed by atoms with E-state index in [0.29, 0.717) is 6.04 Å². The van der Waals surface area contributed by atoms with Gasteiger partial charge in [-0.25, -0.2) is 0 Å². The minimum atomic E-state index is 0.539. The number of anilines is 1. The summed E-state index contributed by atoms with van der Waals surface area (Å²) in [5, 5.41) is 0. The highest BCUT2D eigenvalue weighted by Gasteiger charge is 2.23. The van der Waals surface area contributed by atoms with Gasteiger partial charge in [0.15, 0.2) is 0 Å². The van der Waals surface area contributed by atoms with Crippen LogP contribution in [0.4, 0.5) is 5.69 Å². The maximum atomic E-state index is 5.15. The molecule has 0 spiro atoms. The molecular weight excluding hydrogens is 248 g/mol. The number of piperazine rings is 1. The van der Waals surface area contributed by atoms with Crippen LogP contribution in [0.3, 0.4) is 0 Å². The Kier molecular flexibility index (Phi) is 3.79. The zero-order valence-electron chi connectivity index (χ0n) is 12.2. The van der Waals surface area contributed by atoms with Gasteiger partial charge in [-0.05, 0) is 37.6 Å². The van der Waals surface area contributed by atoms with Crippen LogP contribution in [0.15, 0.2) is 47.3 Å². The molecule has 1 saturated heterocycles. The predicted octanol–water partition coefficient (Wildman–Crippen LogP) is 3.30. The van der Waals surface area contributed by atoms with Gasteiger partial charge in [0, 0.05) is 43.5 Å². The molecule has 0 radical (unpaired) electrons. The summed E-state index contributed by atoms with van der Waals surface area (Å²) in [4.78, 5) is 5.01. The van der Waals surface area contributed by atoms with Gasteiger partial charge in [-0.1, -0.05) is 12.1 Å². The van der Waals surface area contributed by atoms with Crippen LogP contribution in [-0.2, 0) is 6.54 Å². The van der Waals surface area contributed by atoms with Gasteiger partial charge in [-0.2, -0.15) is 0 Å². The molecule has 3 rings (SSSR count). The largest absolute Gasteiger partial charge is 0.472 e. The Hall–Kier alpha value is -1.74. The Labute approximate surface area is 120 Å². The molecular formula is C17H22N2O. The number of nitrogens with zero attached hydrogens (tertiary/aromatic N) is 2. The van der Waals surface area contributed by atoms with Crippen LogP contribution < -0.4 is 4.90 Å². The van der Waals surface area contributed by atoms with Crippen molar-refractivity contribution in [3.05, 3.63) is 54.0 Å². The average Bonchev–Trinajstić information content (AvgIpc) is 2.92. The predicted molar refractivity (Wildman–Crippen MR) is 82.0 cm³/mol. The van der Waals surface area contributed by atoms with E-state index in [1.807, 2.05) is 6.26 Å². The first-order valence-electron chi connectivity index (χ1n) is 7.29. The van der Waals surface area contributed by atoms with Crippen LogP contribution >= 0.6 is 0 Å². The molecule has 0 amide bonds. The molecule has 2 aromatic rings. The summed E-state index contributed by atoms with van der Waals surface area (Å²) >= 11 is 0. The Bertz CT molecular complexity index is 550. The second-order valence-electron chi connectivity index (χ2n) is 5.75. The number of benzene rings is 1. The third kappa shape index (κ3) is 2.88. The van der Waals surface area contributed by atoms with Crippen LogP contribution in [0.2, 0.25) is 0 Å². The molecule has 106 valence electrons. The highest BCUT2D eigenvalue weighted by molar-refractivity contribution is 5.49. The molecule has 1 aliphatic heterocycles. The number of furan rings is 1. The van der Waals surface area contributed by atoms with Gasteiger partial charge in [0.05, 0.1) is 12.5 Å². The molecule has 1 aromatic carbocycles. The lowest BCUT2D eigenvalue weighted by molar-refractivity contribution is 0.220. The lowest BCUT2D eigenvalue weighted by Crippen LogP contribution is -2.51. The Morgan fingerprint density at radius 3 is 2.85 bits per heavy atom. The van der Waals surface area contributed by atoms with Crippen LogP contribution in [0.1, 0.15) is 18.1 Å². The Morgan fingerprint density at radius 2 is 2.15 bits per heavy atom. The first-order chi connectivity index (χ1) is 9.72. The summed E-state index contributed by atoms with van der Waals surface area (Å²) in [5.74, 6) is 0. The van der Waals surface area contributed by atoms with E-state index in [9.17, 15) is 0 Å². The lowest BCUT2D eigenvalue weighted by Gasteiger charge is -2.41. The second kappa shape index (κ2) is 5.71. The number of hydrogen-bond acceptors (Lipinski definition) is 3. The van der Waals surface area contributed by atoms with Crippen molar-refractivity contribution < 1.29 is 4.42 Å². The maximum Gasteiger partial charge on any atom is 0.0947 e. The van der Waals surface area contributed by atoms with Crippen molar-refractivity contribution in [1.29, 1.82) is 0 Å². The van der Waals surface area contributed by atoms with Crippen molar-refractivity contribution in [3.63, 3.8) is 0 Å². The van der Waals surface area contributed by atoms with Gasteiger partial charge in [0.25, 0.3) is 0 Å². The average molecular weight is 270 g/mol. The fraction of sp³-hybridized carbons (Fsp3) is 0.412. The van der Waals surface area contributed by atoms with E-state index in [1.165, 1.54) is 16.8 Å². The highest BCUT2D eigenvalue weighted by atomic mass is 16.3. The molecule has 2 heterocycles. The van der Waals surface area contributed by atoms with Crippen molar-refractivity contribution in [2.75, 3.05) is 24.5 Å². The summed E-state index contributed by atoms with van der Waals surface area (Å²) in [6.45, 7) is 8.74. The topological polar surface area (TPSA) is 19.6 Å². The van der Waals surface area contributed by atoms with Gasteiger partial charge in [-0.15, -0.1) is 0 Å². The fourth-order valence-electron chi connectivity index (χ4n) is 3.01. The molecule has 3 nitrogen and oxygen atoms in total. The smallest absolute Gasteiger partial charge is 0.0947 e. The normalized spacial score (nSPS) is 20.3. The van der Waals surface area contributed by atoms with E-state index in [-0.39, 0.29) is 0 Å². The molecule has 1 aliphatic rings. The molecule has 0 aliphatic carbocycles. The number of hydrogen-bond donors (Lipinski definition) is 0. The summed E-state index contributed by atoms with van der Waals surface area (Å²) in [6.07, 6.45) is 3.60. The zero-order chi connectivity index (χ0) is 13.9. The molecule has 1 fully saturated rings. The Balaban J connectivity index is 1.65. The number of aryl methyl sites for hydroxylation is 1. The minimum absolute atomic E-state index is 0.539. The minimum Gasteiger partial charge on any atom is -0.472 e. The quantitative estimate of drug-likeness (QED) is 0.853. The van der Waals surface area contributed by atoms with Crippen molar-refractivity contribution in [2.24, 2.45) is 0 Å². The first-order valence-corrected chi connectivity index (χ1v) is 7.29.